The van der Waals surface area contributed by atoms with Crippen molar-refractivity contribution in [1.82, 2.24) is 19.9 Å². The molecule has 0 aliphatic heterocycles. The lowest BCUT2D eigenvalue weighted by Crippen LogP contribution is -2.25. The Kier molecular flexibility index (Phi) is 4.93. The monoisotopic (exact) mass is 410 g/mol. The molecule has 4 aromatic rings. The number of nitrogens with zero attached hydrogens (tertiary/aromatic N) is 3. The van der Waals surface area contributed by atoms with Gasteiger partial charge in [0.1, 0.15) is 5.01 Å². The van der Waals surface area contributed by atoms with E-state index in [1.807, 2.05) is 37.3 Å². The van der Waals surface area contributed by atoms with Crippen LogP contribution in [0.4, 0.5) is 0 Å². The normalized spacial score (nSPS) is 10.9. The third-order valence-electron chi connectivity index (χ3n) is 4.15. The molecule has 1 amide bonds. The number of rotatable bonds is 4. The van der Waals surface area contributed by atoms with Crippen LogP contribution in [0.25, 0.3) is 15.5 Å². The van der Waals surface area contributed by atoms with Crippen LogP contribution in [-0.4, -0.2) is 20.5 Å². The molecule has 0 aliphatic carbocycles. The number of carbonyl (C=O) groups excluding carboxylic acids is 1. The van der Waals surface area contributed by atoms with E-state index in [2.05, 4.69) is 15.4 Å². The molecule has 0 bridgehead atoms. The molecule has 8 heteroatoms. The summed E-state index contributed by atoms with van der Waals surface area (Å²) in [6, 6.07) is 15.9. The molecule has 2 aromatic heterocycles. The van der Waals surface area contributed by atoms with Crippen molar-refractivity contribution in [3.8, 4) is 10.6 Å². The van der Waals surface area contributed by atoms with Gasteiger partial charge in [0.2, 0.25) is 4.96 Å². The smallest absolute Gasteiger partial charge is 0.275 e. The summed E-state index contributed by atoms with van der Waals surface area (Å²) in [6.07, 6.45) is 0. The van der Waals surface area contributed by atoms with Crippen LogP contribution in [0, 0.1) is 6.92 Å². The average Bonchev–Trinajstić information content (AvgIpc) is 3.11. The predicted molar refractivity (Wildman–Crippen MR) is 110 cm³/mol. The molecule has 1 N–H and O–H groups in total. The summed E-state index contributed by atoms with van der Waals surface area (Å²) in [5, 5.41) is 8.27. The maximum absolute atomic E-state index is 12.4. The molecule has 2 heterocycles. The largest absolute Gasteiger partial charge is 0.346 e. The molecule has 0 fully saturated rings. The van der Waals surface area contributed by atoms with E-state index in [1.165, 1.54) is 21.9 Å². The van der Waals surface area contributed by atoms with Gasteiger partial charge in [-0.1, -0.05) is 58.8 Å². The van der Waals surface area contributed by atoms with Crippen molar-refractivity contribution in [2.24, 2.45) is 0 Å². The maximum Gasteiger partial charge on any atom is 0.275 e. The number of hydrogen-bond acceptors (Lipinski definition) is 5. The third-order valence-corrected chi connectivity index (χ3v) is 5.42. The van der Waals surface area contributed by atoms with E-state index in [0.29, 0.717) is 26.2 Å². The van der Waals surface area contributed by atoms with Crippen LogP contribution in [0.1, 0.15) is 21.6 Å². The van der Waals surface area contributed by atoms with E-state index in [-0.39, 0.29) is 18.0 Å². The molecule has 140 valence electrons. The van der Waals surface area contributed by atoms with Crippen molar-refractivity contribution in [2.75, 3.05) is 0 Å². The molecule has 0 aliphatic rings. The molecule has 28 heavy (non-hydrogen) atoms. The Morgan fingerprint density at radius 2 is 1.93 bits per heavy atom. The summed E-state index contributed by atoms with van der Waals surface area (Å²) in [4.78, 5) is 29.6. The highest BCUT2D eigenvalue weighted by Crippen LogP contribution is 2.30. The molecular formula is C20H15ClN4O2S. The van der Waals surface area contributed by atoms with Gasteiger partial charge in [0, 0.05) is 17.2 Å². The van der Waals surface area contributed by atoms with E-state index >= 15 is 0 Å². The fourth-order valence-electron chi connectivity index (χ4n) is 2.67. The second-order valence-corrected chi connectivity index (χ2v) is 7.58. The number of carbonyl (C=O) groups is 1. The van der Waals surface area contributed by atoms with Crippen LogP contribution < -0.4 is 10.9 Å². The molecule has 0 atom stereocenters. The first-order valence-electron chi connectivity index (χ1n) is 8.51. The summed E-state index contributed by atoms with van der Waals surface area (Å²) in [5.74, 6) is -0.219. The van der Waals surface area contributed by atoms with Crippen LogP contribution >= 0.6 is 22.9 Å². The molecule has 4 rings (SSSR count). The second-order valence-electron chi connectivity index (χ2n) is 6.22. The minimum absolute atomic E-state index is 0.151. The fraction of sp³-hybridized carbons (Fsp3) is 0.100. The zero-order valence-corrected chi connectivity index (χ0v) is 16.4. The van der Waals surface area contributed by atoms with Gasteiger partial charge >= 0.3 is 0 Å². The van der Waals surface area contributed by atoms with Gasteiger partial charge in [-0.15, -0.1) is 0 Å². The Morgan fingerprint density at radius 3 is 2.68 bits per heavy atom. The van der Waals surface area contributed by atoms with Crippen LogP contribution in [0.5, 0.6) is 0 Å². The van der Waals surface area contributed by atoms with Gasteiger partial charge < -0.3 is 5.32 Å². The first-order chi connectivity index (χ1) is 13.5. The minimum Gasteiger partial charge on any atom is -0.346 e. The van der Waals surface area contributed by atoms with Crippen molar-refractivity contribution >= 4 is 33.8 Å². The highest BCUT2D eigenvalue weighted by Gasteiger charge is 2.13. The van der Waals surface area contributed by atoms with Crippen molar-refractivity contribution in [3.05, 3.63) is 86.8 Å². The van der Waals surface area contributed by atoms with Crippen LogP contribution in [0.3, 0.4) is 0 Å². The van der Waals surface area contributed by atoms with Crippen molar-refractivity contribution in [3.63, 3.8) is 0 Å². The third kappa shape index (κ3) is 3.67. The lowest BCUT2D eigenvalue weighted by Gasteiger charge is -2.05. The molecule has 0 unspecified atom stereocenters. The number of aryl methyl sites for hydroxylation is 1. The topological polar surface area (TPSA) is 76.4 Å². The molecule has 0 saturated carbocycles. The van der Waals surface area contributed by atoms with Crippen LogP contribution in [-0.2, 0) is 6.54 Å². The maximum atomic E-state index is 12.4. The Morgan fingerprint density at radius 1 is 1.18 bits per heavy atom. The van der Waals surface area contributed by atoms with Gasteiger partial charge in [-0.3, -0.25) is 9.59 Å². The number of nitrogens with one attached hydrogen (secondary N) is 1. The molecule has 0 spiro atoms. The molecule has 6 nitrogen and oxygen atoms in total. The Balaban J connectivity index is 1.59. The summed E-state index contributed by atoms with van der Waals surface area (Å²) >= 11 is 7.49. The first kappa shape index (κ1) is 18.3. The van der Waals surface area contributed by atoms with Gasteiger partial charge in [0.05, 0.1) is 17.3 Å². The second kappa shape index (κ2) is 7.53. The molecule has 2 aromatic carbocycles. The predicted octanol–water partition coefficient (Wildman–Crippen LogP) is 3.71. The van der Waals surface area contributed by atoms with Gasteiger partial charge in [-0.2, -0.15) is 9.61 Å². The quantitative estimate of drug-likeness (QED) is 0.556. The van der Waals surface area contributed by atoms with Gasteiger partial charge in [0.15, 0.2) is 0 Å². The Labute approximate surface area is 169 Å². The van der Waals surface area contributed by atoms with E-state index < -0.39 is 0 Å². The number of halogens is 1. The van der Waals surface area contributed by atoms with Crippen molar-refractivity contribution < 1.29 is 4.79 Å². The van der Waals surface area contributed by atoms with Crippen molar-refractivity contribution in [2.45, 2.75) is 13.5 Å². The summed E-state index contributed by atoms with van der Waals surface area (Å²) in [7, 11) is 0. The average molecular weight is 411 g/mol. The molecule has 0 saturated heterocycles. The number of aromatic nitrogens is 3. The molecular weight excluding hydrogens is 396 g/mol. The Hall–Kier alpha value is -3.03. The highest BCUT2D eigenvalue weighted by atomic mass is 35.5. The number of amides is 1. The van der Waals surface area contributed by atoms with Crippen LogP contribution in [0.15, 0.2) is 59.4 Å². The van der Waals surface area contributed by atoms with E-state index in [1.54, 1.807) is 18.2 Å². The summed E-state index contributed by atoms with van der Waals surface area (Å²) in [6.45, 7) is 2.11. The lowest BCUT2D eigenvalue weighted by atomic mass is 10.1. The zero-order chi connectivity index (χ0) is 19.7. The van der Waals surface area contributed by atoms with Gasteiger partial charge in [-0.05, 0) is 25.1 Å². The fourth-order valence-corrected chi connectivity index (χ4v) is 3.91. The lowest BCUT2D eigenvalue weighted by molar-refractivity contribution is 0.0950. The summed E-state index contributed by atoms with van der Waals surface area (Å²) < 4.78 is 1.24. The van der Waals surface area contributed by atoms with Crippen molar-refractivity contribution in [1.29, 1.82) is 0 Å². The highest BCUT2D eigenvalue weighted by molar-refractivity contribution is 7.19. The number of benzene rings is 2. The number of hydrogen-bond donors (Lipinski definition) is 1. The minimum atomic E-state index is -0.306. The number of fused-ring (bicyclic) bond motifs is 1. The first-order valence-corrected chi connectivity index (χ1v) is 9.70. The standard InChI is InChI=1S/C20H15ClN4O2S/c1-12-6-8-13(9-7-12)18(27)22-11-14-10-17(26)25-20(23-14)28-19(24-25)15-4-2-3-5-16(15)21/h2-10H,11H2,1H3,(H,22,27). The SMILES string of the molecule is Cc1ccc(C(=O)NCc2cc(=O)n3nc(-c4ccccc4Cl)sc3n2)cc1. The van der Waals surface area contributed by atoms with E-state index in [9.17, 15) is 9.59 Å². The van der Waals surface area contributed by atoms with E-state index in [4.69, 9.17) is 11.6 Å². The zero-order valence-electron chi connectivity index (χ0n) is 14.8. The Bertz CT molecular complexity index is 1230. The van der Waals surface area contributed by atoms with Gasteiger partial charge in [-0.25, -0.2) is 4.98 Å². The van der Waals surface area contributed by atoms with Crippen LogP contribution in [0.2, 0.25) is 5.02 Å². The van der Waals surface area contributed by atoms with E-state index in [0.717, 1.165) is 11.1 Å². The summed E-state index contributed by atoms with van der Waals surface area (Å²) in [5.41, 5.74) is 2.55. The van der Waals surface area contributed by atoms with Gasteiger partial charge in [0.25, 0.3) is 11.5 Å². The molecule has 0 radical (unpaired) electrons.